The van der Waals surface area contributed by atoms with E-state index in [1.165, 1.54) is 10.5 Å². The van der Waals surface area contributed by atoms with E-state index in [1.807, 2.05) is 27.0 Å². The van der Waals surface area contributed by atoms with E-state index in [9.17, 15) is 14.7 Å². The predicted octanol–water partition coefficient (Wildman–Crippen LogP) is 4.84. The highest BCUT2D eigenvalue weighted by Gasteiger charge is 2.47. The first-order valence-corrected chi connectivity index (χ1v) is 12.7. The number of benzene rings is 2. The third-order valence-corrected chi connectivity index (χ3v) is 8.24. The molecule has 2 amide bonds. The van der Waals surface area contributed by atoms with E-state index in [0.717, 1.165) is 55.1 Å². The quantitative estimate of drug-likeness (QED) is 0.577. The van der Waals surface area contributed by atoms with Gasteiger partial charge in [-0.15, -0.1) is 12.4 Å². The second-order valence-electron chi connectivity index (χ2n) is 10.3. The molecule has 1 unspecified atom stereocenters. The van der Waals surface area contributed by atoms with Crippen molar-refractivity contribution in [3.05, 3.63) is 53.6 Å². The number of carboxylic acid groups (broad SMARTS) is 1. The lowest BCUT2D eigenvalue weighted by Gasteiger charge is -2.45. The number of halogens is 1. The summed E-state index contributed by atoms with van der Waals surface area (Å²) in [5.41, 5.74) is 5.28. The van der Waals surface area contributed by atoms with E-state index < -0.39 is 6.09 Å². The summed E-state index contributed by atoms with van der Waals surface area (Å²) in [6, 6.07) is 14.6. The van der Waals surface area contributed by atoms with E-state index in [0.29, 0.717) is 13.0 Å². The molecule has 0 aromatic heterocycles. The molecule has 1 fully saturated rings. The topological polar surface area (TPSA) is 64.1 Å². The van der Waals surface area contributed by atoms with Gasteiger partial charge in [-0.1, -0.05) is 24.3 Å². The number of piperazine rings is 1. The van der Waals surface area contributed by atoms with Crippen molar-refractivity contribution in [2.45, 2.75) is 45.8 Å². The summed E-state index contributed by atoms with van der Waals surface area (Å²) in [7, 11) is 4.12. The van der Waals surface area contributed by atoms with Crippen LogP contribution in [0.4, 0.5) is 10.5 Å². The first kappa shape index (κ1) is 28.1. The fourth-order valence-corrected chi connectivity index (χ4v) is 5.65. The lowest BCUT2D eigenvalue weighted by Crippen LogP contribution is -2.60. The fraction of sp³-hybridized carbons (Fsp3) is 0.500. The molecule has 1 saturated heterocycles. The molecule has 0 saturated carbocycles. The lowest BCUT2D eigenvalue weighted by atomic mass is 9.86. The number of fused-ring (bicyclic) bond motifs is 1. The average Bonchev–Trinajstić information content (AvgIpc) is 2.84. The van der Waals surface area contributed by atoms with Crippen molar-refractivity contribution in [3.63, 3.8) is 0 Å². The lowest BCUT2D eigenvalue weighted by molar-refractivity contribution is -0.129. The molecule has 0 bridgehead atoms. The smallest absolute Gasteiger partial charge is 0.407 e. The zero-order valence-corrected chi connectivity index (χ0v) is 22.9. The molecule has 1 N–H and O–H groups in total. The van der Waals surface area contributed by atoms with Crippen LogP contribution in [0.1, 0.15) is 44.4 Å². The Morgan fingerprint density at radius 2 is 1.67 bits per heavy atom. The maximum atomic E-state index is 12.8. The van der Waals surface area contributed by atoms with Crippen LogP contribution in [0, 0.1) is 0 Å². The zero-order chi connectivity index (χ0) is 25.3. The van der Waals surface area contributed by atoms with Crippen LogP contribution in [0.3, 0.4) is 0 Å². The minimum absolute atomic E-state index is 0. The van der Waals surface area contributed by atoms with Crippen LogP contribution in [0.15, 0.2) is 42.5 Å². The molecule has 36 heavy (non-hydrogen) atoms. The number of likely N-dealkylation sites (N-methyl/N-ethyl adjacent to an activating group) is 1. The summed E-state index contributed by atoms with van der Waals surface area (Å²) in [5.74, 6) is 0.0663. The number of amides is 2. The second kappa shape index (κ2) is 11.3. The van der Waals surface area contributed by atoms with Gasteiger partial charge in [0.15, 0.2) is 0 Å². The van der Waals surface area contributed by atoms with Crippen LogP contribution in [0.2, 0.25) is 0 Å². The number of carbonyl (C=O) groups excluding carboxylic acids is 1. The van der Waals surface area contributed by atoms with E-state index in [-0.39, 0.29) is 34.9 Å². The highest BCUT2D eigenvalue weighted by molar-refractivity contribution is 5.89. The van der Waals surface area contributed by atoms with E-state index >= 15 is 0 Å². The van der Waals surface area contributed by atoms with Crippen LogP contribution < -0.4 is 4.48 Å². The van der Waals surface area contributed by atoms with Gasteiger partial charge in [-0.25, -0.2) is 14.1 Å². The summed E-state index contributed by atoms with van der Waals surface area (Å²) >= 11 is 0. The van der Waals surface area contributed by atoms with Crippen molar-refractivity contribution >= 4 is 30.1 Å². The van der Waals surface area contributed by atoms with E-state index in [1.54, 1.807) is 6.92 Å². The minimum atomic E-state index is -0.923. The predicted molar refractivity (Wildman–Crippen MR) is 148 cm³/mol. The molecule has 2 aromatic carbocycles. The van der Waals surface area contributed by atoms with Gasteiger partial charge in [-0.2, -0.15) is 0 Å². The number of carbonyl (C=O) groups is 2. The van der Waals surface area contributed by atoms with Crippen LogP contribution in [0.5, 0.6) is 0 Å². The molecule has 2 aliphatic rings. The monoisotopic (exact) mass is 515 g/mol. The summed E-state index contributed by atoms with van der Waals surface area (Å²) in [5, 5.41) is 9.89. The molecule has 2 heterocycles. The second-order valence-corrected chi connectivity index (χ2v) is 10.3. The van der Waals surface area contributed by atoms with Crippen molar-refractivity contribution in [2.75, 3.05) is 46.8 Å². The van der Waals surface area contributed by atoms with Gasteiger partial charge in [0.2, 0.25) is 0 Å². The molecule has 196 valence electrons. The van der Waals surface area contributed by atoms with Gasteiger partial charge in [-0.3, -0.25) is 4.90 Å². The minimum Gasteiger partial charge on any atom is -0.465 e. The van der Waals surface area contributed by atoms with E-state index in [2.05, 4.69) is 53.2 Å². The van der Waals surface area contributed by atoms with Crippen molar-refractivity contribution < 1.29 is 14.7 Å². The largest absolute Gasteiger partial charge is 0.465 e. The molecule has 7 nitrogen and oxygen atoms in total. The third-order valence-electron chi connectivity index (χ3n) is 8.24. The third kappa shape index (κ3) is 5.30. The maximum absolute atomic E-state index is 12.8. The van der Waals surface area contributed by atoms with Gasteiger partial charge < -0.3 is 14.9 Å². The summed E-state index contributed by atoms with van der Waals surface area (Å²) in [4.78, 5) is 31.2. The Morgan fingerprint density at radius 3 is 2.22 bits per heavy atom. The maximum Gasteiger partial charge on any atom is 0.407 e. The fourth-order valence-electron chi connectivity index (χ4n) is 5.65. The first-order valence-electron chi connectivity index (χ1n) is 12.7. The summed E-state index contributed by atoms with van der Waals surface area (Å²) in [6.07, 6.45) is -0.315. The highest BCUT2D eigenvalue weighted by Crippen LogP contribution is 2.45. The summed E-state index contributed by atoms with van der Waals surface area (Å²) < 4.78 is 0.188. The Labute approximate surface area is 221 Å². The normalized spacial score (nSPS) is 24.5. The molecule has 2 aliphatic heterocycles. The van der Waals surface area contributed by atoms with Gasteiger partial charge in [0.25, 0.3) is 0 Å². The number of nitrogens with zero attached hydrogens (tertiary/aromatic N) is 4. The van der Waals surface area contributed by atoms with E-state index in [4.69, 9.17) is 0 Å². The molecular formula is C28H40ClN4O3+. The molecule has 4 rings (SSSR count). The van der Waals surface area contributed by atoms with Crippen molar-refractivity contribution in [1.29, 1.82) is 0 Å². The molecule has 3 atom stereocenters. The number of rotatable bonds is 5. The molecule has 0 radical (unpaired) electrons. The Morgan fingerprint density at radius 1 is 1.06 bits per heavy atom. The van der Waals surface area contributed by atoms with Gasteiger partial charge in [0, 0.05) is 57.3 Å². The van der Waals surface area contributed by atoms with Gasteiger partial charge in [-0.05, 0) is 49.7 Å². The molecule has 0 aliphatic carbocycles. The first-order chi connectivity index (χ1) is 16.6. The number of hydrogen-bond acceptors (Lipinski definition) is 4. The molecule has 0 spiro atoms. The van der Waals surface area contributed by atoms with Crippen molar-refractivity contribution in [2.24, 2.45) is 0 Å². The van der Waals surface area contributed by atoms with Crippen molar-refractivity contribution in [1.82, 2.24) is 19.2 Å². The van der Waals surface area contributed by atoms with Crippen LogP contribution in [-0.2, 0) is 11.3 Å². The van der Waals surface area contributed by atoms with Crippen LogP contribution in [0.25, 0.3) is 11.1 Å². The highest BCUT2D eigenvalue weighted by atomic mass is 35.5. The number of quaternary nitrogens is 1. The zero-order valence-electron chi connectivity index (χ0n) is 22.1. The van der Waals surface area contributed by atoms with Gasteiger partial charge in [0.1, 0.15) is 5.69 Å². The van der Waals surface area contributed by atoms with Crippen molar-refractivity contribution in [3.8, 4) is 11.1 Å². The van der Waals surface area contributed by atoms with Crippen LogP contribution in [-0.4, -0.2) is 84.7 Å². The summed E-state index contributed by atoms with van der Waals surface area (Å²) in [6.45, 7) is 11.3. The Balaban J connectivity index is 0.00000361. The van der Waals surface area contributed by atoms with Gasteiger partial charge >= 0.3 is 12.0 Å². The van der Waals surface area contributed by atoms with Crippen LogP contribution >= 0.6 is 12.4 Å². The van der Waals surface area contributed by atoms with Gasteiger partial charge in [0.05, 0.1) is 26.1 Å². The Kier molecular flexibility index (Phi) is 8.83. The molecular weight excluding hydrogens is 476 g/mol. The molecule has 8 heteroatoms. The Bertz CT molecular complexity index is 1080. The SMILES string of the molecule is CCN(C(=O)O)C1C[C@H](C)[N@+](C)(C(C)=O)c2ccc(-c3ccc(CN4CCN(C)CC4)cc3)cc21.Cl. The number of hydrogen-bond donors (Lipinski definition) is 1. The standard InChI is InChI=1S/C28H38N4O3.ClH/c1-6-31(28(34)35)26-17-20(2)32(5,21(3)33)27-12-11-24(18-25(26)27)23-9-7-22(8-10-23)19-30-15-13-29(4)14-16-30;/h7-12,18,20,26H,6,13-17,19H2,1-5H3;1H/p+1/t20-,26?,32+;/m0./s1. The molecule has 2 aromatic rings. The Hall–Kier alpha value is -2.45. The average molecular weight is 516 g/mol.